The zero-order valence-corrected chi connectivity index (χ0v) is 9.76. The van der Waals surface area contributed by atoms with Crippen molar-refractivity contribution in [2.24, 2.45) is 5.92 Å². The lowest BCUT2D eigenvalue weighted by Gasteiger charge is -2.15. The van der Waals surface area contributed by atoms with Gasteiger partial charge < -0.3 is 5.11 Å². The van der Waals surface area contributed by atoms with E-state index in [0.29, 0.717) is 13.0 Å². The molecule has 5 nitrogen and oxygen atoms in total. The third-order valence-corrected chi connectivity index (χ3v) is 2.91. The molecule has 0 rings (SSSR count). The van der Waals surface area contributed by atoms with Crippen molar-refractivity contribution in [1.82, 2.24) is 9.44 Å². The van der Waals surface area contributed by atoms with Crippen LogP contribution in [0.3, 0.4) is 0 Å². The van der Waals surface area contributed by atoms with Crippen LogP contribution in [0.5, 0.6) is 0 Å². The van der Waals surface area contributed by atoms with E-state index in [2.05, 4.69) is 9.44 Å². The van der Waals surface area contributed by atoms with E-state index in [9.17, 15) is 8.42 Å². The molecule has 0 aliphatic rings. The Bertz CT molecular complexity index is 235. The second-order valence-electron chi connectivity index (χ2n) is 3.65. The van der Waals surface area contributed by atoms with E-state index in [0.717, 1.165) is 0 Å². The molecule has 0 saturated carbocycles. The summed E-state index contributed by atoms with van der Waals surface area (Å²) in [5.74, 6) is 0.265. The minimum atomic E-state index is -3.46. The van der Waals surface area contributed by atoms with Crippen LogP contribution in [0.25, 0.3) is 0 Å². The summed E-state index contributed by atoms with van der Waals surface area (Å²) in [5, 5.41) is 8.81. The third-order valence-electron chi connectivity index (χ3n) is 1.72. The Morgan fingerprint density at radius 3 is 2.29 bits per heavy atom. The maximum atomic E-state index is 11.3. The van der Waals surface area contributed by atoms with Crippen LogP contribution in [-0.2, 0) is 10.2 Å². The highest BCUT2D eigenvalue weighted by Gasteiger charge is 2.15. The molecule has 6 heteroatoms. The lowest BCUT2D eigenvalue weighted by Crippen LogP contribution is -2.45. The van der Waals surface area contributed by atoms with E-state index in [-0.39, 0.29) is 12.5 Å². The van der Waals surface area contributed by atoms with Crippen molar-refractivity contribution in [2.75, 3.05) is 13.2 Å². The summed E-state index contributed by atoms with van der Waals surface area (Å²) in [6, 6.07) is -0.403. The third kappa shape index (κ3) is 6.31. The van der Waals surface area contributed by atoms with Gasteiger partial charge in [-0.05, 0) is 12.3 Å². The van der Waals surface area contributed by atoms with Crippen molar-refractivity contribution in [3.8, 4) is 0 Å². The summed E-state index contributed by atoms with van der Waals surface area (Å²) < 4.78 is 27.4. The summed E-state index contributed by atoms with van der Waals surface area (Å²) in [6.07, 6.45) is 0.569. The first-order valence-corrected chi connectivity index (χ1v) is 6.27. The fourth-order valence-electron chi connectivity index (χ4n) is 0.787. The second kappa shape index (κ2) is 6.34. The topological polar surface area (TPSA) is 78.4 Å². The van der Waals surface area contributed by atoms with Crippen LogP contribution >= 0.6 is 0 Å². The molecule has 0 aromatic heterocycles. The number of aliphatic hydroxyl groups excluding tert-OH is 1. The molecular formula is C8H20N2O3S. The van der Waals surface area contributed by atoms with E-state index in [1.807, 2.05) is 20.8 Å². The molecule has 0 aliphatic heterocycles. The van der Waals surface area contributed by atoms with Crippen LogP contribution in [0, 0.1) is 5.92 Å². The first kappa shape index (κ1) is 13.8. The van der Waals surface area contributed by atoms with Crippen LogP contribution in [-0.4, -0.2) is 32.7 Å². The summed E-state index contributed by atoms with van der Waals surface area (Å²) in [6.45, 7) is 5.87. The normalized spacial score (nSPS) is 14.6. The van der Waals surface area contributed by atoms with Crippen LogP contribution in [0.4, 0.5) is 0 Å². The maximum absolute atomic E-state index is 11.3. The van der Waals surface area contributed by atoms with Gasteiger partial charge in [0.15, 0.2) is 0 Å². The average Bonchev–Trinajstić information content (AvgIpc) is 2.11. The monoisotopic (exact) mass is 224 g/mol. The minimum Gasteiger partial charge on any atom is -0.395 e. The van der Waals surface area contributed by atoms with Crippen molar-refractivity contribution in [1.29, 1.82) is 0 Å². The molecule has 3 N–H and O–H groups in total. The van der Waals surface area contributed by atoms with Crippen molar-refractivity contribution in [3.05, 3.63) is 0 Å². The van der Waals surface area contributed by atoms with Crippen molar-refractivity contribution in [3.63, 3.8) is 0 Å². The second-order valence-corrected chi connectivity index (χ2v) is 5.18. The molecule has 0 aliphatic carbocycles. The zero-order valence-electron chi connectivity index (χ0n) is 8.95. The van der Waals surface area contributed by atoms with Gasteiger partial charge in [0.1, 0.15) is 0 Å². The van der Waals surface area contributed by atoms with E-state index in [1.165, 1.54) is 0 Å². The lowest BCUT2D eigenvalue weighted by atomic mass is 10.2. The number of nitrogens with one attached hydrogen (secondary N) is 2. The maximum Gasteiger partial charge on any atom is 0.277 e. The molecule has 0 radical (unpaired) electrons. The molecule has 14 heavy (non-hydrogen) atoms. The molecule has 1 atom stereocenters. The summed E-state index contributed by atoms with van der Waals surface area (Å²) in [5.41, 5.74) is 0. The van der Waals surface area contributed by atoms with Crippen LogP contribution in [0.1, 0.15) is 27.2 Å². The van der Waals surface area contributed by atoms with Crippen LogP contribution in [0.2, 0.25) is 0 Å². The molecule has 0 spiro atoms. The molecule has 0 heterocycles. The van der Waals surface area contributed by atoms with Crippen LogP contribution < -0.4 is 9.44 Å². The van der Waals surface area contributed by atoms with Gasteiger partial charge in [-0.25, -0.2) is 4.72 Å². The fourth-order valence-corrected chi connectivity index (χ4v) is 2.10. The number of aliphatic hydroxyl groups is 1. The van der Waals surface area contributed by atoms with E-state index < -0.39 is 16.3 Å². The lowest BCUT2D eigenvalue weighted by molar-refractivity contribution is 0.253. The van der Waals surface area contributed by atoms with Gasteiger partial charge in [-0.2, -0.15) is 13.1 Å². The standard InChI is InChI=1S/C8H20N2O3S/c1-4-8(6-11)10-14(12,13)9-5-7(2)3/h7-11H,4-6H2,1-3H3/t8-/m1/s1. The molecule has 0 bridgehead atoms. The van der Waals surface area contributed by atoms with Gasteiger partial charge in [0.25, 0.3) is 10.2 Å². The Morgan fingerprint density at radius 2 is 1.93 bits per heavy atom. The summed E-state index contributed by atoms with van der Waals surface area (Å²) in [4.78, 5) is 0. The Morgan fingerprint density at radius 1 is 1.36 bits per heavy atom. The van der Waals surface area contributed by atoms with E-state index in [4.69, 9.17) is 5.11 Å². The molecule has 0 aromatic carbocycles. The van der Waals surface area contributed by atoms with Crippen molar-refractivity contribution in [2.45, 2.75) is 33.2 Å². The Hall–Kier alpha value is -0.170. The van der Waals surface area contributed by atoms with Gasteiger partial charge in [-0.3, -0.25) is 0 Å². The molecule has 0 amide bonds. The smallest absolute Gasteiger partial charge is 0.277 e. The predicted octanol–water partition coefficient (Wildman–Crippen LogP) is -0.163. The Kier molecular flexibility index (Phi) is 6.26. The number of hydrogen-bond acceptors (Lipinski definition) is 3. The molecule has 0 saturated heterocycles. The average molecular weight is 224 g/mol. The molecule has 86 valence electrons. The Labute approximate surface area is 86.1 Å². The number of rotatable bonds is 7. The van der Waals surface area contributed by atoms with Gasteiger partial charge >= 0.3 is 0 Å². The fraction of sp³-hybridized carbons (Fsp3) is 1.00. The summed E-state index contributed by atoms with van der Waals surface area (Å²) >= 11 is 0. The molecule has 0 fully saturated rings. The first-order valence-electron chi connectivity index (χ1n) is 4.79. The molecule has 0 unspecified atom stereocenters. The van der Waals surface area contributed by atoms with Gasteiger partial charge in [0.2, 0.25) is 0 Å². The van der Waals surface area contributed by atoms with Crippen molar-refractivity contribution >= 4 is 10.2 Å². The highest BCUT2D eigenvalue weighted by molar-refractivity contribution is 7.87. The van der Waals surface area contributed by atoms with E-state index >= 15 is 0 Å². The van der Waals surface area contributed by atoms with Gasteiger partial charge in [0.05, 0.1) is 6.61 Å². The highest BCUT2D eigenvalue weighted by Crippen LogP contribution is 1.93. The van der Waals surface area contributed by atoms with Gasteiger partial charge in [0, 0.05) is 12.6 Å². The zero-order chi connectivity index (χ0) is 11.2. The van der Waals surface area contributed by atoms with Gasteiger partial charge in [-0.15, -0.1) is 0 Å². The summed E-state index contributed by atoms with van der Waals surface area (Å²) in [7, 11) is -3.46. The largest absolute Gasteiger partial charge is 0.395 e. The Balaban J connectivity index is 4.06. The highest BCUT2D eigenvalue weighted by atomic mass is 32.2. The molecule has 0 aromatic rings. The minimum absolute atomic E-state index is 0.181. The van der Waals surface area contributed by atoms with E-state index in [1.54, 1.807) is 0 Å². The first-order chi connectivity index (χ1) is 6.41. The predicted molar refractivity (Wildman–Crippen MR) is 56.1 cm³/mol. The number of hydrogen-bond donors (Lipinski definition) is 3. The van der Waals surface area contributed by atoms with Crippen molar-refractivity contribution < 1.29 is 13.5 Å². The molecular weight excluding hydrogens is 204 g/mol. The van der Waals surface area contributed by atoms with Crippen LogP contribution in [0.15, 0.2) is 0 Å². The van der Waals surface area contributed by atoms with Gasteiger partial charge in [-0.1, -0.05) is 20.8 Å². The quantitative estimate of drug-likeness (QED) is 0.562. The SMILES string of the molecule is CC[C@H](CO)NS(=O)(=O)NCC(C)C.